The Morgan fingerprint density at radius 2 is 1.91 bits per heavy atom. The van der Waals surface area contributed by atoms with Gasteiger partial charge < -0.3 is 9.47 Å². The molecule has 0 fully saturated rings. The van der Waals surface area contributed by atoms with Crippen molar-refractivity contribution in [1.82, 2.24) is 9.38 Å². The van der Waals surface area contributed by atoms with Gasteiger partial charge in [0.15, 0.2) is 16.5 Å². The number of para-hydroxylation sites is 2. The summed E-state index contributed by atoms with van der Waals surface area (Å²) in [6, 6.07) is 17.5. The molecule has 2 heterocycles. The zero-order valence-corrected chi connectivity index (χ0v) is 19.2. The molecule has 8 heteroatoms. The van der Waals surface area contributed by atoms with Crippen LogP contribution in [0.4, 0.5) is 4.39 Å². The number of ether oxygens (including phenoxy) is 2. The summed E-state index contributed by atoms with van der Waals surface area (Å²) in [4.78, 5) is 18.2. The van der Waals surface area contributed by atoms with E-state index in [-0.39, 0.29) is 18.0 Å². The zero-order chi connectivity index (χ0) is 22.2. The standard InChI is InChI=1S/C24H16BrFN2O3S/c1-30-20-10-15(16(25)12-21(20)31-13-14-6-2-3-7-17(14)26)11-22-23(29)28-19-9-5-4-8-18(19)27-24(28)32-22/h2-12H,13H2,1H3/b22-11-. The lowest BCUT2D eigenvalue weighted by atomic mass is 10.2. The Morgan fingerprint density at radius 1 is 1.12 bits per heavy atom. The number of benzene rings is 3. The quantitative estimate of drug-likeness (QED) is 0.335. The fraction of sp³-hybridized carbons (Fsp3) is 0.0833. The van der Waals surface area contributed by atoms with Gasteiger partial charge in [-0.15, -0.1) is 0 Å². The molecule has 2 aromatic heterocycles. The number of thiazole rings is 1. The fourth-order valence-corrected chi connectivity index (χ4v) is 4.87. The molecule has 0 aliphatic carbocycles. The molecule has 0 saturated heterocycles. The maximum Gasteiger partial charge on any atom is 0.274 e. The maximum absolute atomic E-state index is 13.9. The van der Waals surface area contributed by atoms with Crippen LogP contribution >= 0.6 is 27.3 Å². The smallest absolute Gasteiger partial charge is 0.274 e. The van der Waals surface area contributed by atoms with Crippen LogP contribution in [0.5, 0.6) is 11.5 Å². The monoisotopic (exact) mass is 510 g/mol. The molecule has 0 aliphatic heterocycles. The van der Waals surface area contributed by atoms with Crippen LogP contribution in [-0.4, -0.2) is 16.5 Å². The van der Waals surface area contributed by atoms with Crippen molar-refractivity contribution in [2.24, 2.45) is 0 Å². The van der Waals surface area contributed by atoms with Gasteiger partial charge in [0, 0.05) is 10.0 Å². The number of methoxy groups -OCH3 is 1. The van der Waals surface area contributed by atoms with Crippen molar-refractivity contribution in [3.05, 3.63) is 97.0 Å². The molecule has 5 nitrogen and oxygen atoms in total. The van der Waals surface area contributed by atoms with Crippen molar-refractivity contribution >= 4 is 49.3 Å². The van der Waals surface area contributed by atoms with E-state index < -0.39 is 0 Å². The van der Waals surface area contributed by atoms with Gasteiger partial charge in [-0.05, 0) is 42.0 Å². The molecule has 3 aromatic carbocycles. The fourth-order valence-electron chi connectivity index (χ4n) is 3.46. The molecule has 0 aliphatic rings. The zero-order valence-electron chi connectivity index (χ0n) is 16.8. The Hall–Kier alpha value is -3.23. The highest BCUT2D eigenvalue weighted by Crippen LogP contribution is 2.34. The molecule has 0 N–H and O–H groups in total. The topological polar surface area (TPSA) is 52.8 Å². The lowest BCUT2D eigenvalue weighted by Gasteiger charge is -2.13. The van der Waals surface area contributed by atoms with E-state index in [4.69, 9.17) is 9.47 Å². The predicted octanol–water partition coefficient (Wildman–Crippen LogP) is 4.95. The molecule has 0 spiro atoms. The number of hydrogen-bond donors (Lipinski definition) is 0. The molecule has 32 heavy (non-hydrogen) atoms. The maximum atomic E-state index is 13.9. The van der Waals surface area contributed by atoms with Crippen LogP contribution in [0.15, 0.2) is 69.9 Å². The van der Waals surface area contributed by atoms with Crippen molar-refractivity contribution in [2.45, 2.75) is 6.61 Å². The van der Waals surface area contributed by atoms with Gasteiger partial charge in [-0.3, -0.25) is 4.79 Å². The van der Waals surface area contributed by atoms with Gasteiger partial charge in [0.05, 0.1) is 22.7 Å². The van der Waals surface area contributed by atoms with Gasteiger partial charge in [-0.2, -0.15) is 0 Å². The molecular formula is C24H16BrFN2O3S. The molecule has 5 aromatic rings. The van der Waals surface area contributed by atoms with Gasteiger partial charge in [0.2, 0.25) is 0 Å². The van der Waals surface area contributed by atoms with E-state index in [1.807, 2.05) is 24.3 Å². The van der Waals surface area contributed by atoms with E-state index in [9.17, 15) is 9.18 Å². The third-order valence-electron chi connectivity index (χ3n) is 5.06. The van der Waals surface area contributed by atoms with Crippen LogP contribution in [0.2, 0.25) is 0 Å². The van der Waals surface area contributed by atoms with E-state index in [2.05, 4.69) is 20.9 Å². The van der Waals surface area contributed by atoms with Crippen molar-refractivity contribution in [3.63, 3.8) is 0 Å². The van der Waals surface area contributed by atoms with Crippen LogP contribution in [0, 0.1) is 5.82 Å². The number of halogens is 2. The van der Waals surface area contributed by atoms with Crippen LogP contribution < -0.4 is 19.6 Å². The van der Waals surface area contributed by atoms with Crippen LogP contribution in [0.25, 0.3) is 22.1 Å². The molecule has 160 valence electrons. The highest BCUT2D eigenvalue weighted by molar-refractivity contribution is 9.10. The number of hydrogen-bond acceptors (Lipinski definition) is 5. The lowest BCUT2D eigenvalue weighted by molar-refractivity contribution is 0.279. The summed E-state index contributed by atoms with van der Waals surface area (Å²) in [6.07, 6.45) is 1.80. The Bertz CT molecular complexity index is 1580. The molecule has 0 atom stereocenters. The molecular weight excluding hydrogens is 495 g/mol. The van der Waals surface area contributed by atoms with Gasteiger partial charge in [-0.25, -0.2) is 13.8 Å². The minimum atomic E-state index is -0.325. The largest absolute Gasteiger partial charge is 0.493 e. The number of imidazole rings is 1. The van der Waals surface area contributed by atoms with Crippen LogP contribution in [-0.2, 0) is 6.61 Å². The summed E-state index contributed by atoms with van der Waals surface area (Å²) < 4.78 is 28.1. The van der Waals surface area contributed by atoms with Gasteiger partial charge in [0.25, 0.3) is 5.56 Å². The first-order valence-corrected chi connectivity index (χ1v) is 11.3. The highest BCUT2D eigenvalue weighted by atomic mass is 79.9. The Morgan fingerprint density at radius 3 is 2.72 bits per heavy atom. The summed E-state index contributed by atoms with van der Waals surface area (Å²) in [5.41, 5.74) is 2.67. The second-order valence-corrected chi connectivity index (χ2v) is 8.90. The summed E-state index contributed by atoms with van der Waals surface area (Å²) in [6.45, 7) is 0.0679. The van der Waals surface area contributed by atoms with E-state index >= 15 is 0 Å². The van der Waals surface area contributed by atoms with Crippen LogP contribution in [0.1, 0.15) is 11.1 Å². The SMILES string of the molecule is COc1cc(/C=c2\sc3nc4ccccc4n3c2=O)c(Br)cc1OCc1ccccc1F. The molecule has 0 bridgehead atoms. The van der Waals surface area contributed by atoms with Gasteiger partial charge in [0.1, 0.15) is 12.4 Å². The molecule has 0 amide bonds. The molecule has 0 unspecified atom stereocenters. The Labute approximate surface area is 194 Å². The number of fused-ring (bicyclic) bond motifs is 3. The minimum absolute atomic E-state index is 0.0679. The Balaban J connectivity index is 1.53. The second kappa shape index (κ2) is 8.37. The number of nitrogens with zero attached hydrogens (tertiary/aromatic N) is 2. The Kier molecular flexibility index (Phi) is 5.40. The first-order chi connectivity index (χ1) is 15.5. The first-order valence-electron chi connectivity index (χ1n) is 9.70. The summed E-state index contributed by atoms with van der Waals surface area (Å²) >= 11 is 4.88. The van der Waals surface area contributed by atoms with E-state index in [0.29, 0.717) is 26.6 Å². The van der Waals surface area contributed by atoms with E-state index in [0.717, 1.165) is 21.1 Å². The highest BCUT2D eigenvalue weighted by Gasteiger charge is 2.13. The van der Waals surface area contributed by atoms with Crippen molar-refractivity contribution in [2.75, 3.05) is 7.11 Å². The number of aromatic nitrogens is 2. The minimum Gasteiger partial charge on any atom is -0.493 e. The van der Waals surface area contributed by atoms with Crippen molar-refractivity contribution in [1.29, 1.82) is 0 Å². The van der Waals surface area contributed by atoms with Gasteiger partial charge >= 0.3 is 0 Å². The second-order valence-electron chi connectivity index (χ2n) is 7.04. The third kappa shape index (κ3) is 3.65. The average Bonchev–Trinajstić information content (AvgIpc) is 3.30. The summed E-state index contributed by atoms with van der Waals surface area (Å²) in [5, 5.41) is 0. The van der Waals surface area contributed by atoms with Crippen LogP contribution in [0.3, 0.4) is 0 Å². The van der Waals surface area contributed by atoms with E-state index in [1.165, 1.54) is 24.5 Å². The molecule has 0 radical (unpaired) electrons. The lowest BCUT2D eigenvalue weighted by Crippen LogP contribution is -2.22. The number of rotatable bonds is 5. The van der Waals surface area contributed by atoms with Gasteiger partial charge in [-0.1, -0.05) is 57.6 Å². The summed E-state index contributed by atoms with van der Waals surface area (Å²) in [5.74, 6) is 0.623. The average molecular weight is 511 g/mol. The summed E-state index contributed by atoms with van der Waals surface area (Å²) in [7, 11) is 1.54. The predicted molar refractivity (Wildman–Crippen MR) is 127 cm³/mol. The normalized spacial score (nSPS) is 12.0. The first kappa shape index (κ1) is 20.7. The molecule has 5 rings (SSSR count). The molecule has 0 saturated carbocycles. The van der Waals surface area contributed by atoms with Crippen molar-refractivity contribution in [3.8, 4) is 11.5 Å². The van der Waals surface area contributed by atoms with Crippen molar-refractivity contribution < 1.29 is 13.9 Å². The third-order valence-corrected chi connectivity index (χ3v) is 6.71. The van der Waals surface area contributed by atoms with E-state index in [1.54, 1.807) is 40.8 Å².